The van der Waals surface area contributed by atoms with Crippen LogP contribution in [0.2, 0.25) is 0 Å². The zero-order valence-electron chi connectivity index (χ0n) is 14.1. The van der Waals surface area contributed by atoms with Crippen molar-refractivity contribution in [1.82, 2.24) is 20.3 Å². The number of nitrogens with one attached hydrogen (secondary N) is 1. The van der Waals surface area contributed by atoms with Crippen LogP contribution in [0.3, 0.4) is 0 Å². The van der Waals surface area contributed by atoms with Crippen LogP contribution in [-0.4, -0.2) is 51.3 Å². The van der Waals surface area contributed by atoms with Gasteiger partial charge in [-0.25, -0.2) is 4.68 Å². The lowest BCUT2D eigenvalue weighted by Gasteiger charge is -2.11. The summed E-state index contributed by atoms with van der Waals surface area (Å²) in [5.41, 5.74) is 0.975. The molecule has 26 heavy (non-hydrogen) atoms. The van der Waals surface area contributed by atoms with E-state index < -0.39 is 5.97 Å². The summed E-state index contributed by atoms with van der Waals surface area (Å²) in [6, 6.07) is 6.85. The van der Waals surface area contributed by atoms with Crippen LogP contribution in [0.4, 0.5) is 0 Å². The summed E-state index contributed by atoms with van der Waals surface area (Å²) in [7, 11) is 0. The Morgan fingerprint density at radius 3 is 2.85 bits per heavy atom. The molecule has 1 aliphatic rings. The average Bonchev–Trinajstić information content (AvgIpc) is 3.30. The summed E-state index contributed by atoms with van der Waals surface area (Å²) in [5.74, 6) is -0.579. The number of carboxylic acids is 1. The Kier molecular flexibility index (Phi) is 5.80. The zero-order chi connectivity index (χ0) is 18.4. The number of hydrogen-bond acceptors (Lipinski definition) is 6. The van der Waals surface area contributed by atoms with Gasteiger partial charge in [0.05, 0.1) is 18.8 Å². The fraction of sp³-hybridized carbons (Fsp3) is 0.412. The summed E-state index contributed by atoms with van der Waals surface area (Å²) in [6.45, 7) is 1.19. The molecule has 1 aromatic carbocycles. The molecule has 2 aromatic rings. The predicted molar refractivity (Wildman–Crippen MR) is 89.7 cm³/mol. The highest BCUT2D eigenvalue weighted by Crippen LogP contribution is 2.16. The Morgan fingerprint density at radius 1 is 1.35 bits per heavy atom. The monoisotopic (exact) mass is 360 g/mol. The fourth-order valence-corrected chi connectivity index (χ4v) is 2.58. The van der Waals surface area contributed by atoms with Crippen LogP contribution < -0.4 is 10.1 Å². The number of rotatable bonds is 8. The lowest BCUT2D eigenvalue weighted by molar-refractivity contribution is -0.137. The van der Waals surface area contributed by atoms with Gasteiger partial charge in [0, 0.05) is 12.2 Å². The maximum absolute atomic E-state index is 12.2. The number of ether oxygens (including phenoxy) is 2. The molecule has 0 bridgehead atoms. The van der Waals surface area contributed by atoms with E-state index in [-0.39, 0.29) is 25.1 Å². The van der Waals surface area contributed by atoms with E-state index >= 15 is 0 Å². The maximum Gasteiger partial charge on any atom is 0.325 e. The van der Waals surface area contributed by atoms with Gasteiger partial charge in [0.2, 0.25) is 0 Å². The standard InChI is InChI=1S/C17H20N4O5/c22-16(23)10-21-9-13(19-20-21)8-18-17(24)12-3-5-14(6-4-12)26-11-15-2-1-7-25-15/h3-6,9,15H,1-2,7-8,10-11H2,(H,18,24)(H,22,23). The molecule has 1 fully saturated rings. The van der Waals surface area contributed by atoms with E-state index in [2.05, 4.69) is 15.6 Å². The van der Waals surface area contributed by atoms with Crippen LogP contribution in [0.25, 0.3) is 0 Å². The predicted octanol–water partition coefficient (Wildman–Crippen LogP) is 0.850. The van der Waals surface area contributed by atoms with Gasteiger partial charge in [-0.15, -0.1) is 5.10 Å². The van der Waals surface area contributed by atoms with E-state index in [0.29, 0.717) is 23.6 Å². The highest BCUT2D eigenvalue weighted by molar-refractivity contribution is 5.94. The molecule has 9 heteroatoms. The molecule has 1 saturated heterocycles. The van der Waals surface area contributed by atoms with Gasteiger partial charge in [0.1, 0.15) is 24.6 Å². The Hall–Kier alpha value is -2.94. The number of aliphatic carboxylic acids is 1. The average molecular weight is 360 g/mol. The number of nitrogens with zero attached hydrogens (tertiary/aromatic N) is 3. The molecule has 2 N–H and O–H groups in total. The van der Waals surface area contributed by atoms with Crippen molar-refractivity contribution in [3.8, 4) is 5.75 Å². The number of aromatic nitrogens is 3. The molecule has 1 atom stereocenters. The SMILES string of the molecule is O=C(O)Cn1cc(CNC(=O)c2ccc(OCC3CCCO3)cc2)nn1. The number of carbonyl (C=O) groups is 2. The van der Waals surface area contributed by atoms with Gasteiger partial charge < -0.3 is 19.9 Å². The molecule has 1 amide bonds. The van der Waals surface area contributed by atoms with E-state index in [1.54, 1.807) is 24.3 Å². The molecule has 1 aromatic heterocycles. The normalized spacial score (nSPS) is 16.4. The van der Waals surface area contributed by atoms with Gasteiger partial charge in [-0.3, -0.25) is 9.59 Å². The Balaban J connectivity index is 1.46. The van der Waals surface area contributed by atoms with E-state index in [9.17, 15) is 9.59 Å². The number of carbonyl (C=O) groups excluding carboxylic acids is 1. The molecule has 0 spiro atoms. The summed E-state index contributed by atoms with van der Waals surface area (Å²) in [5, 5.41) is 18.9. The van der Waals surface area contributed by atoms with Crippen LogP contribution >= 0.6 is 0 Å². The van der Waals surface area contributed by atoms with Crippen molar-refractivity contribution in [3.63, 3.8) is 0 Å². The zero-order valence-corrected chi connectivity index (χ0v) is 14.1. The van der Waals surface area contributed by atoms with Crippen LogP contribution in [0.15, 0.2) is 30.5 Å². The van der Waals surface area contributed by atoms with Crippen molar-refractivity contribution in [2.75, 3.05) is 13.2 Å². The molecule has 1 aliphatic heterocycles. The second-order valence-corrected chi connectivity index (χ2v) is 5.95. The second-order valence-electron chi connectivity index (χ2n) is 5.95. The Morgan fingerprint density at radius 2 is 2.15 bits per heavy atom. The van der Waals surface area contributed by atoms with Crippen LogP contribution in [0.1, 0.15) is 28.9 Å². The molecule has 3 rings (SSSR count). The summed E-state index contributed by atoms with van der Waals surface area (Å²) in [6.07, 6.45) is 3.71. The molecule has 9 nitrogen and oxygen atoms in total. The van der Waals surface area contributed by atoms with E-state index in [4.69, 9.17) is 14.6 Å². The molecule has 1 unspecified atom stereocenters. The molecule has 0 saturated carbocycles. The van der Waals surface area contributed by atoms with Gasteiger partial charge in [0.25, 0.3) is 5.91 Å². The third-order valence-electron chi connectivity index (χ3n) is 3.89. The summed E-state index contributed by atoms with van der Waals surface area (Å²) >= 11 is 0. The first kappa shape index (κ1) is 17.9. The topological polar surface area (TPSA) is 116 Å². The maximum atomic E-state index is 12.2. The highest BCUT2D eigenvalue weighted by Gasteiger charge is 2.16. The lowest BCUT2D eigenvalue weighted by Crippen LogP contribution is -2.23. The van der Waals surface area contributed by atoms with Gasteiger partial charge in [-0.1, -0.05) is 5.21 Å². The van der Waals surface area contributed by atoms with Crippen molar-refractivity contribution >= 4 is 11.9 Å². The van der Waals surface area contributed by atoms with Gasteiger partial charge in [0.15, 0.2) is 0 Å². The van der Waals surface area contributed by atoms with E-state index in [0.717, 1.165) is 19.4 Å². The molecule has 138 valence electrons. The minimum Gasteiger partial charge on any atom is -0.491 e. The van der Waals surface area contributed by atoms with Crippen molar-refractivity contribution < 1.29 is 24.2 Å². The lowest BCUT2D eigenvalue weighted by atomic mass is 10.2. The van der Waals surface area contributed by atoms with Crippen molar-refractivity contribution in [3.05, 3.63) is 41.7 Å². The van der Waals surface area contributed by atoms with Gasteiger partial charge in [-0.2, -0.15) is 0 Å². The van der Waals surface area contributed by atoms with E-state index in [1.165, 1.54) is 10.9 Å². The number of carboxylic acid groups (broad SMARTS) is 1. The summed E-state index contributed by atoms with van der Waals surface area (Å²) in [4.78, 5) is 22.8. The second kappa shape index (κ2) is 8.43. The molecule has 0 radical (unpaired) electrons. The fourth-order valence-electron chi connectivity index (χ4n) is 2.58. The van der Waals surface area contributed by atoms with E-state index in [1.807, 2.05) is 0 Å². The number of hydrogen-bond donors (Lipinski definition) is 2. The minimum absolute atomic E-state index is 0.146. The largest absolute Gasteiger partial charge is 0.491 e. The van der Waals surface area contributed by atoms with Gasteiger partial charge >= 0.3 is 5.97 Å². The quantitative estimate of drug-likeness (QED) is 0.717. The first-order chi connectivity index (χ1) is 12.6. The van der Waals surface area contributed by atoms with Crippen LogP contribution in [0, 0.1) is 0 Å². The van der Waals surface area contributed by atoms with Crippen LogP contribution in [-0.2, 0) is 22.6 Å². The van der Waals surface area contributed by atoms with Gasteiger partial charge in [-0.05, 0) is 37.1 Å². The van der Waals surface area contributed by atoms with Crippen LogP contribution in [0.5, 0.6) is 5.75 Å². The summed E-state index contributed by atoms with van der Waals surface area (Å²) < 4.78 is 12.4. The molecule has 0 aliphatic carbocycles. The van der Waals surface area contributed by atoms with Crippen molar-refractivity contribution in [2.24, 2.45) is 0 Å². The number of benzene rings is 1. The minimum atomic E-state index is -1.01. The van der Waals surface area contributed by atoms with Crippen molar-refractivity contribution in [1.29, 1.82) is 0 Å². The third-order valence-corrected chi connectivity index (χ3v) is 3.89. The number of amides is 1. The molecular weight excluding hydrogens is 340 g/mol. The smallest absolute Gasteiger partial charge is 0.325 e. The molecule has 2 heterocycles. The molecular formula is C17H20N4O5. The third kappa shape index (κ3) is 5.03. The highest BCUT2D eigenvalue weighted by atomic mass is 16.5. The Labute approximate surface area is 149 Å². The van der Waals surface area contributed by atoms with Crippen molar-refractivity contribution in [2.45, 2.75) is 32.0 Å². The first-order valence-corrected chi connectivity index (χ1v) is 8.33. The first-order valence-electron chi connectivity index (χ1n) is 8.33. The Bertz CT molecular complexity index is 753.